The summed E-state index contributed by atoms with van der Waals surface area (Å²) in [6.45, 7) is -0.357. The van der Waals surface area contributed by atoms with E-state index in [0.717, 1.165) is 0 Å². The van der Waals surface area contributed by atoms with Gasteiger partial charge in [-0.15, -0.1) is 0 Å². The molecule has 3 aromatic carbocycles. The molecule has 1 saturated heterocycles. The van der Waals surface area contributed by atoms with E-state index in [1.807, 2.05) is 0 Å². The molecule has 214 valence electrons. The van der Waals surface area contributed by atoms with Crippen LogP contribution >= 0.6 is 11.6 Å². The standard InChI is InChI=1S/C24H23ClN2O13/c25-12-14(29)10(16(31)20(35)18(12)33)21(36)24(40)5-23(39,27-24)6-26-8-3-1-2-7(4-8)9-13(28)11(22(37)38)17(32)19(34)15(9)30/h1-4,21,26-36,39-40H,5-6H2,(H,37,38). The molecule has 0 aromatic heterocycles. The lowest BCUT2D eigenvalue weighted by Gasteiger charge is -2.53. The van der Waals surface area contributed by atoms with Gasteiger partial charge in [0.1, 0.15) is 33.9 Å². The van der Waals surface area contributed by atoms with E-state index < -0.39 is 97.7 Å². The normalized spacial score (nSPS) is 21.0. The highest BCUT2D eigenvalue weighted by atomic mass is 35.5. The third-order valence-electron chi connectivity index (χ3n) is 6.46. The SMILES string of the molecule is O=C(O)c1c(O)c(O)c(O)c(-c2cccc(NCC3(O)CC(O)(C(O)c4c(O)c(O)c(O)c(Cl)c4O)N3)c2)c1O. The van der Waals surface area contributed by atoms with Crippen LogP contribution in [0.3, 0.4) is 0 Å². The van der Waals surface area contributed by atoms with Crippen LogP contribution in [-0.2, 0) is 0 Å². The number of carboxylic acid groups (broad SMARTS) is 1. The number of phenolic OH excluding ortho intramolecular Hbond substituents is 6. The van der Waals surface area contributed by atoms with Crippen molar-refractivity contribution in [2.45, 2.75) is 24.0 Å². The number of carbonyl (C=O) groups is 1. The van der Waals surface area contributed by atoms with Crippen LogP contribution in [0, 0.1) is 0 Å². The topological polar surface area (TPSA) is 284 Å². The molecule has 1 heterocycles. The summed E-state index contributed by atoms with van der Waals surface area (Å²) < 4.78 is 0. The number of hydrogen-bond acceptors (Lipinski definition) is 14. The smallest absolute Gasteiger partial charge is 0.343 e. The Bertz CT molecular complexity index is 1510. The largest absolute Gasteiger partial charge is 0.506 e. The van der Waals surface area contributed by atoms with Gasteiger partial charge in [-0.1, -0.05) is 23.7 Å². The Kier molecular flexibility index (Phi) is 6.82. The van der Waals surface area contributed by atoms with E-state index in [0.29, 0.717) is 0 Å². The summed E-state index contributed by atoms with van der Waals surface area (Å²) in [5.74, 6) is -10.6. The first kappa shape index (κ1) is 28.5. The van der Waals surface area contributed by atoms with Gasteiger partial charge in [0.15, 0.2) is 28.7 Å². The first-order valence-corrected chi connectivity index (χ1v) is 11.6. The molecule has 0 bridgehead atoms. The average Bonchev–Trinajstić information content (AvgIpc) is 2.87. The van der Waals surface area contributed by atoms with Crippen LogP contribution in [0.2, 0.25) is 5.02 Å². The number of hydrogen-bond donors (Lipinski definition) is 14. The van der Waals surface area contributed by atoms with Gasteiger partial charge in [0, 0.05) is 12.1 Å². The van der Waals surface area contributed by atoms with Gasteiger partial charge in [-0.2, -0.15) is 0 Å². The highest BCUT2D eigenvalue weighted by molar-refractivity contribution is 6.34. The maximum Gasteiger partial charge on any atom is 0.343 e. The third kappa shape index (κ3) is 4.41. The summed E-state index contributed by atoms with van der Waals surface area (Å²) in [6.07, 6.45) is -2.77. The highest BCUT2D eigenvalue weighted by Crippen LogP contribution is 2.55. The van der Waals surface area contributed by atoms with Crippen LogP contribution in [0.1, 0.15) is 28.4 Å². The molecule has 1 aliphatic heterocycles. The first-order valence-electron chi connectivity index (χ1n) is 11.2. The molecule has 14 N–H and O–H groups in total. The Balaban J connectivity index is 1.54. The van der Waals surface area contributed by atoms with Crippen molar-refractivity contribution in [1.82, 2.24) is 5.32 Å². The monoisotopic (exact) mass is 582 g/mol. The number of rotatable bonds is 7. The summed E-state index contributed by atoms with van der Waals surface area (Å²) in [5, 5.41) is 126. The number of anilines is 1. The molecule has 1 aliphatic rings. The van der Waals surface area contributed by atoms with E-state index in [2.05, 4.69) is 10.6 Å². The molecule has 3 atom stereocenters. The zero-order valence-electron chi connectivity index (χ0n) is 20.0. The van der Waals surface area contributed by atoms with Crippen molar-refractivity contribution in [3.8, 4) is 57.1 Å². The average molecular weight is 583 g/mol. The minimum Gasteiger partial charge on any atom is -0.506 e. The van der Waals surface area contributed by atoms with E-state index in [4.69, 9.17) is 11.6 Å². The molecule has 3 unspecified atom stereocenters. The molecule has 15 nitrogen and oxygen atoms in total. The first-order chi connectivity index (χ1) is 18.5. The quantitative estimate of drug-likeness (QED) is 0.136. The van der Waals surface area contributed by atoms with Gasteiger partial charge in [0.25, 0.3) is 0 Å². The fourth-order valence-electron chi connectivity index (χ4n) is 4.49. The van der Waals surface area contributed by atoms with Crippen molar-refractivity contribution in [3.63, 3.8) is 0 Å². The lowest BCUT2D eigenvalue weighted by molar-refractivity contribution is -0.253. The molecule has 4 rings (SSSR count). The lowest BCUT2D eigenvalue weighted by atomic mass is 9.81. The van der Waals surface area contributed by atoms with Gasteiger partial charge in [-0.05, 0) is 17.7 Å². The molecule has 16 heteroatoms. The Hall–Kier alpha value is -4.54. The molecule has 0 aliphatic carbocycles. The number of benzene rings is 3. The second-order valence-electron chi connectivity index (χ2n) is 9.17. The predicted octanol–water partition coefficient (Wildman–Crippen LogP) is 0.866. The minimum atomic E-state index is -2.35. The Morgan fingerprint density at radius 1 is 0.900 bits per heavy atom. The molecular formula is C24H23ClN2O13. The predicted molar refractivity (Wildman–Crippen MR) is 135 cm³/mol. The molecule has 0 radical (unpaired) electrons. The fourth-order valence-corrected chi connectivity index (χ4v) is 4.68. The molecule has 0 saturated carbocycles. The number of aromatic carboxylic acids is 1. The fraction of sp³-hybridized carbons (Fsp3) is 0.208. The second-order valence-corrected chi connectivity index (χ2v) is 9.54. The van der Waals surface area contributed by atoms with Crippen molar-refractivity contribution >= 4 is 23.3 Å². The number of aliphatic hydroxyl groups excluding tert-OH is 1. The Morgan fingerprint density at radius 2 is 1.50 bits per heavy atom. The van der Waals surface area contributed by atoms with E-state index >= 15 is 0 Å². The van der Waals surface area contributed by atoms with E-state index in [9.17, 15) is 66.1 Å². The highest BCUT2D eigenvalue weighted by Gasteiger charge is 2.58. The van der Waals surface area contributed by atoms with Gasteiger partial charge in [0.05, 0.1) is 17.7 Å². The van der Waals surface area contributed by atoms with Gasteiger partial charge in [-0.3, -0.25) is 5.32 Å². The van der Waals surface area contributed by atoms with E-state index in [1.54, 1.807) is 0 Å². The number of nitrogens with one attached hydrogen (secondary N) is 2. The summed E-state index contributed by atoms with van der Waals surface area (Å²) in [7, 11) is 0. The Labute approximate surface area is 228 Å². The minimum absolute atomic E-state index is 0.00625. The van der Waals surface area contributed by atoms with Crippen molar-refractivity contribution < 1.29 is 66.1 Å². The summed E-state index contributed by atoms with van der Waals surface area (Å²) in [4.78, 5) is 11.4. The number of aliphatic hydroxyl groups is 3. The van der Waals surface area contributed by atoms with E-state index in [-0.39, 0.29) is 17.8 Å². The molecular weight excluding hydrogens is 560 g/mol. The van der Waals surface area contributed by atoms with E-state index in [1.165, 1.54) is 24.3 Å². The zero-order chi connectivity index (χ0) is 29.9. The van der Waals surface area contributed by atoms with Gasteiger partial charge >= 0.3 is 5.97 Å². The summed E-state index contributed by atoms with van der Waals surface area (Å²) in [5.41, 5.74) is -6.42. The van der Waals surface area contributed by atoms with Gasteiger partial charge < -0.3 is 66.6 Å². The maximum absolute atomic E-state index is 11.4. The van der Waals surface area contributed by atoms with Crippen molar-refractivity contribution in [2.75, 3.05) is 11.9 Å². The lowest BCUT2D eigenvalue weighted by Crippen LogP contribution is -2.76. The number of carboxylic acids is 1. The van der Waals surface area contributed by atoms with Crippen LogP contribution in [0.15, 0.2) is 24.3 Å². The molecule has 3 aromatic rings. The molecule has 0 spiro atoms. The van der Waals surface area contributed by atoms with Crippen molar-refractivity contribution in [2.24, 2.45) is 0 Å². The van der Waals surface area contributed by atoms with Crippen LogP contribution in [-0.4, -0.2) is 85.2 Å². The van der Waals surface area contributed by atoms with Crippen LogP contribution in [0.4, 0.5) is 5.69 Å². The second kappa shape index (κ2) is 9.58. The molecule has 40 heavy (non-hydrogen) atoms. The summed E-state index contributed by atoms with van der Waals surface area (Å²) in [6, 6.07) is 5.50. The van der Waals surface area contributed by atoms with Gasteiger partial charge in [-0.25, -0.2) is 4.79 Å². The van der Waals surface area contributed by atoms with Crippen LogP contribution < -0.4 is 10.6 Å². The molecule has 0 amide bonds. The van der Waals surface area contributed by atoms with Crippen LogP contribution in [0.5, 0.6) is 46.0 Å². The number of aromatic hydroxyl groups is 8. The summed E-state index contributed by atoms with van der Waals surface area (Å²) >= 11 is 5.68. The van der Waals surface area contributed by atoms with Crippen molar-refractivity contribution in [1.29, 1.82) is 0 Å². The molecule has 1 fully saturated rings. The Morgan fingerprint density at radius 3 is 2.10 bits per heavy atom. The van der Waals surface area contributed by atoms with Crippen LogP contribution in [0.25, 0.3) is 11.1 Å². The van der Waals surface area contributed by atoms with Crippen molar-refractivity contribution in [3.05, 3.63) is 40.4 Å². The maximum atomic E-state index is 11.4. The van der Waals surface area contributed by atoms with Gasteiger partial charge in [0.2, 0.25) is 11.5 Å². The number of halogens is 1. The third-order valence-corrected chi connectivity index (χ3v) is 6.82. The number of phenols is 8. The zero-order valence-corrected chi connectivity index (χ0v) is 20.7.